The summed E-state index contributed by atoms with van der Waals surface area (Å²) in [7, 11) is -1.70. The van der Waals surface area contributed by atoms with E-state index < -0.39 is 9.84 Å². The zero-order valence-corrected chi connectivity index (χ0v) is 12.4. The van der Waals surface area contributed by atoms with Crippen LogP contribution in [0.5, 0.6) is 0 Å². The molecular formula is C13H15ClN2O2S. The highest BCUT2D eigenvalue weighted by Gasteiger charge is 2.17. The van der Waals surface area contributed by atoms with Crippen LogP contribution in [0.25, 0.3) is 0 Å². The van der Waals surface area contributed by atoms with E-state index in [0.717, 1.165) is 12.0 Å². The summed E-state index contributed by atoms with van der Waals surface area (Å²) >= 11 is 5.85. The molecule has 0 atom stereocenters. The molecule has 1 aromatic carbocycles. The molecule has 0 aliphatic heterocycles. The fraction of sp³-hybridized carbons (Fsp3) is 0.308. The number of hydrogen-bond acceptors (Lipinski definition) is 3. The topological polar surface area (TPSA) is 52.0 Å². The van der Waals surface area contributed by atoms with E-state index in [1.807, 2.05) is 19.1 Å². The fourth-order valence-corrected chi connectivity index (χ4v) is 3.19. The molecule has 0 spiro atoms. The van der Waals surface area contributed by atoms with Gasteiger partial charge in [-0.2, -0.15) is 5.10 Å². The first-order valence-electron chi connectivity index (χ1n) is 5.92. The molecule has 102 valence electrons. The molecule has 0 fully saturated rings. The molecule has 19 heavy (non-hydrogen) atoms. The number of aryl methyl sites for hydroxylation is 2. The molecule has 2 rings (SSSR count). The minimum atomic E-state index is -3.38. The van der Waals surface area contributed by atoms with Crippen LogP contribution in [0.1, 0.15) is 18.2 Å². The Morgan fingerprint density at radius 2 is 1.89 bits per heavy atom. The van der Waals surface area contributed by atoms with Crippen molar-refractivity contribution in [3.05, 3.63) is 46.7 Å². The highest BCUT2D eigenvalue weighted by molar-refractivity contribution is 7.90. The van der Waals surface area contributed by atoms with Gasteiger partial charge in [-0.15, -0.1) is 0 Å². The molecule has 1 aromatic heterocycles. The average molecular weight is 299 g/mol. The van der Waals surface area contributed by atoms with E-state index in [1.54, 1.807) is 25.2 Å². The number of benzene rings is 1. The van der Waals surface area contributed by atoms with Crippen molar-refractivity contribution in [2.24, 2.45) is 7.05 Å². The van der Waals surface area contributed by atoms with E-state index in [2.05, 4.69) is 5.10 Å². The zero-order chi connectivity index (χ0) is 14.0. The van der Waals surface area contributed by atoms with E-state index >= 15 is 0 Å². The summed E-state index contributed by atoms with van der Waals surface area (Å²) in [6.07, 6.45) is 0.885. The highest BCUT2D eigenvalue weighted by Crippen LogP contribution is 2.18. The average Bonchev–Trinajstić information content (AvgIpc) is 2.67. The van der Waals surface area contributed by atoms with E-state index in [9.17, 15) is 8.42 Å². The summed E-state index contributed by atoms with van der Waals surface area (Å²) in [5, 5.41) is 4.48. The van der Waals surface area contributed by atoms with Crippen LogP contribution >= 0.6 is 11.6 Å². The van der Waals surface area contributed by atoms with Gasteiger partial charge in [0.2, 0.25) is 0 Å². The highest BCUT2D eigenvalue weighted by atomic mass is 35.5. The summed E-state index contributed by atoms with van der Waals surface area (Å²) in [5.41, 5.74) is 1.56. The standard InChI is InChI=1S/C13H15ClN2O2S/c1-3-10-4-6-12(7-5-10)19(17,18)9-11-8-13(14)16(2)15-11/h4-8H,3,9H2,1-2H3. The molecule has 0 saturated heterocycles. The Hall–Kier alpha value is -1.33. The predicted molar refractivity (Wildman–Crippen MR) is 74.9 cm³/mol. The lowest BCUT2D eigenvalue weighted by Crippen LogP contribution is -2.06. The van der Waals surface area contributed by atoms with Gasteiger partial charge in [0.15, 0.2) is 9.84 Å². The number of sulfone groups is 1. The molecule has 1 heterocycles. The lowest BCUT2D eigenvalue weighted by Gasteiger charge is -2.03. The van der Waals surface area contributed by atoms with Crippen LogP contribution in [0, 0.1) is 0 Å². The summed E-state index contributed by atoms with van der Waals surface area (Å²) in [4.78, 5) is 0.312. The molecule has 0 saturated carbocycles. The molecule has 2 aromatic rings. The third kappa shape index (κ3) is 3.16. The van der Waals surface area contributed by atoms with Crippen molar-refractivity contribution in [2.45, 2.75) is 24.0 Å². The zero-order valence-electron chi connectivity index (χ0n) is 10.8. The molecule has 0 radical (unpaired) electrons. The summed E-state index contributed by atoms with van der Waals surface area (Å²) < 4.78 is 25.9. The van der Waals surface area contributed by atoms with Crippen molar-refractivity contribution in [1.29, 1.82) is 0 Å². The van der Waals surface area contributed by atoms with Crippen LogP contribution < -0.4 is 0 Å². The SMILES string of the molecule is CCc1ccc(S(=O)(=O)Cc2cc(Cl)n(C)n2)cc1. The van der Waals surface area contributed by atoms with Gasteiger partial charge >= 0.3 is 0 Å². The first-order chi connectivity index (χ1) is 8.92. The monoisotopic (exact) mass is 298 g/mol. The first kappa shape index (κ1) is 14.1. The van der Waals surface area contributed by atoms with Gasteiger partial charge in [-0.3, -0.25) is 4.68 Å². The third-order valence-electron chi connectivity index (χ3n) is 2.90. The van der Waals surface area contributed by atoms with Gasteiger partial charge < -0.3 is 0 Å². The van der Waals surface area contributed by atoms with E-state index in [4.69, 9.17) is 11.6 Å². The second kappa shape index (κ2) is 5.35. The Labute approximate surface area is 117 Å². The maximum Gasteiger partial charge on any atom is 0.184 e. The Morgan fingerprint density at radius 1 is 1.26 bits per heavy atom. The summed E-state index contributed by atoms with van der Waals surface area (Å²) in [5.74, 6) is -0.140. The maximum atomic E-state index is 12.2. The smallest absolute Gasteiger partial charge is 0.184 e. The summed E-state index contributed by atoms with van der Waals surface area (Å²) in [6.45, 7) is 2.03. The van der Waals surface area contributed by atoms with Crippen LogP contribution in [-0.4, -0.2) is 18.2 Å². The number of rotatable bonds is 4. The van der Waals surface area contributed by atoms with Gasteiger partial charge in [-0.05, 0) is 30.2 Å². The van der Waals surface area contributed by atoms with Gasteiger partial charge in [0, 0.05) is 7.05 Å². The van der Waals surface area contributed by atoms with Crippen molar-refractivity contribution < 1.29 is 8.42 Å². The molecule has 0 unspecified atom stereocenters. The van der Waals surface area contributed by atoms with Gasteiger partial charge in [-0.25, -0.2) is 8.42 Å². The number of halogens is 1. The molecule has 0 N–H and O–H groups in total. The molecule has 0 bridgehead atoms. The van der Waals surface area contributed by atoms with Crippen molar-refractivity contribution in [2.75, 3.05) is 0 Å². The molecule has 0 amide bonds. The predicted octanol–water partition coefficient (Wildman–Crippen LogP) is 2.61. The Balaban J connectivity index is 2.26. The minimum absolute atomic E-state index is 0.140. The van der Waals surface area contributed by atoms with Crippen LogP contribution in [0.4, 0.5) is 0 Å². The second-order valence-electron chi connectivity index (χ2n) is 4.34. The van der Waals surface area contributed by atoms with Gasteiger partial charge in [0.1, 0.15) is 5.15 Å². The van der Waals surface area contributed by atoms with E-state index in [1.165, 1.54) is 4.68 Å². The number of hydrogen-bond donors (Lipinski definition) is 0. The second-order valence-corrected chi connectivity index (χ2v) is 6.72. The lowest BCUT2D eigenvalue weighted by atomic mass is 10.2. The summed E-state index contributed by atoms with van der Waals surface area (Å²) in [6, 6.07) is 8.51. The van der Waals surface area contributed by atoms with Gasteiger partial charge in [-0.1, -0.05) is 30.7 Å². The van der Waals surface area contributed by atoms with Crippen molar-refractivity contribution in [1.82, 2.24) is 9.78 Å². The van der Waals surface area contributed by atoms with Gasteiger partial charge in [0.05, 0.1) is 16.3 Å². The van der Waals surface area contributed by atoms with Crippen LogP contribution in [0.3, 0.4) is 0 Å². The lowest BCUT2D eigenvalue weighted by molar-refractivity contribution is 0.594. The van der Waals surface area contributed by atoms with E-state index in [0.29, 0.717) is 15.7 Å². The molecule has 0 aliphatic carbocycles. The maximum absolute atomic E-state index is 12.2. The normalized spacial score (nSPS) is 11.7. The van der Waals surface area contributed by atoms with Gasteiger partial charge in [0.25, 0.3) is 0 Å². The van der Waals surface area contributed by atoms with Crippen LogP contribution in [-0.2, 0) is 29.1 Å². The van der Waals surface area contributed by atoms with Crippen LogP contribution in [0.2, 0.25) is 5.15 Å². The Morgan fingerprint density at radius 3 is 2.37 bits per heavy atom. The molecule has 6 heteroatoms. The largest absolute Gasteiger partial charge is 0.257 e. The molecule has 0 aliphatic rings. The third-order valence-corrected chi connectivity index (χ3v) is 4.92. The minimum Gasteiger partial charge on any atom is -0.257 e. The Bertz CT molecular complexity index is 656. The fourth-order valence-electron chi connectivity index (χ4n) is 1.78. The quantitative estimate of drug-likeness (QED) is 0.872. The molecular weight excluding hydrogens is 284 g/mol. The van der Waals surface area contributed by atoms with E-state index in [-0.39, 0.29) is 5.75 Å². The Kier molecular flexibility index (Phi) is 3.96. The van der Waals surface area contributed by atoms with Crippen molar-refractivity contribution in [3.63, 3.8) is 0 Å². The van der Waals surface area contributed by atoms with Crippen molar-refractivity contribution >= 4 is 21.4 Å². The molecule has 4 nitrogen and oxygen atoms in total. The first-order valence-corrected chi connectivity index (χ1v) is 7.95. The van der Waals surface area contributed by atoms with Crippen molar-refractivity contribution in [3.8, 4) is 0 Å². The number of aromatic nitrogens is 2. The number of nitrogens with zero attached hydrogens (tertiary/aromatic N) is 2. The van der Waals surface area contributed by atoms with Crippen LogP contribution in [0.15, 0.2) is 35.2 Å².